The van der Waals surface area contributed by atoms with Gasteiger partial charge in [0.05, 0.1) is 18.3 Å². The van der Waals surface area contributed by atoms with E-state index in [2.05, 4.69) is 0 Å². The van der Waals surface area contributed by atoms with E-state index in [9.17, 15) is 20.1 Å². The summed E-state index contributed by atoms with van der Waals surface area (Å²) in [5, 5.41) is 39.3. The van der Waals surface area contributed by atoms with E-state index in [0.29, 0.717) is 31.4 Å². The lowest BCUT2D eigenvalue weighted by atomic mass is 10.0. The molecule has 5 atom stereocenters. The molecular formula is C22H32O6S. The second-order valence-electron chi connectivity index (χ2n) is 7.61. The van der Waals surface area contributed by atoms with E-state index >= 15 is 0 Å². The number of carbonyl (C=O) groups is 1. The predicted molar refractivity (Wildman–Crippen MR) is 114 cm³/mol. The molecule has 0 radical (unpaired) electrons. The Morgan fingerprint density at radius 1 is 1.31 bits per heavy atom. The molecule has 162 valence electrons. The van der Waals surface area contributed by atoms with Crippen LogP contribution in [0.1, 0.15) is 37.7 Å². The second-order valence-corrected chi connectivity index (χ2v) is 8.82. The Balaban J connectivity index is 1.75. The van der Waals surface area contributed by atoms with E-state index in [1.54, 1.807) is 0 Å². The van der Waals surface area contributed by atoms with Crippen molar-refractivity contribution in [3.63, 3.8) is 0 Å². The zero-order valence-electron chi connectivity index (χ0n) is 16.8. The fraction of sp³-hybridized carbons (Fsp3) is 0.591. The number of ether oxygens (including phenoxy) is 1. The summed E-state index contributed by atoms with van der Waals surface area (Å²) >= 11 is 1.47. The standard InChI is InChI=1S/C22H32O6S/c1-15-7-6-8-17(11-15)28-13-16(23)14-29-22-18(19(24)12-20(22)25)9-4-2-3-5-10-21(26)27/h2,4,6-8,11,16,18-20,22-25H,3,5,9-10,12-14H2,1H3,(H,26,27)/b4-2-/t16-,18-,19-,20+,22+/m0/s1. The highest BCUT2D eigenvalue weighted by Gasteiger charge is 2.41. The smallest absolute Gasteiger partial charge is 0.303 e. The Kier molecular flexibility index (Phi) is 10.0. The molecule has 1 aliphatic carbocycles. The number of carboxylic acids is 1. The quantitative estimate of drug-likeness (QED) is 0.302. The van der Waals surface area contributed by atoms with Crippen LogP contribution in [0, 0.1) is 12.8 Å². The Bertz CT molecular complexity index is 664. The summed E-state index contributed by atoms with van der Waals surface area (Å²) in [6, 6.07) is 7.65. The maximum atomic E-state index is 10.5. The van der Waals surface area contributed by atoms with Gasteiger partial charge in [0.25, 0.3) is 0 Å². The summed E-state index contributed by atoms with van der Waals surface area (Å²) in [5.74, 6) is 0.250. The van der Waals surface area contributed by atoms with Gasteiger partial charge in [-0.2, -0.15) is 11.8 Å². The number of hydrogen-bond acceptors (Lipinski definition) is 6. The number of benzene rings is 1. The molecule has 29 heavy (non-hydrogen) atoms. The number of aryl methyl sites for hydroxylation is 1. The molecule has 0 bridgehead atoms. The van der Waals surface area contributed by atoms with Crippen molar-refractivity contribution >= 4 is 17.7 Å². The molecule has 7 heteroatoms. The molecule has 0 heterocycles. The van der Waals surface area contributed by atoms with Gasteiger partial charge in [0, 0.05) is 29.8 Å². The first-order valence-corrected chi connectivity index (χ1v) is 11.1. The molecular weight excluding hydrogens is 392 g/mol. The molecule has 1 aliphatic rings. The average Bonchev–Trinajstić information content (AvgIpc) is 2.93. The van der Waals surface area contributed by atoms with E-state index in [1.165, 1.54) is 11.8 Å². The third-order valence-electron chi connectivity index (χ3n) is 5.03. The van der Waals surface area contributed by atoms with Crippen LogP contribution in [0.25, 0.3) is 0 Å². The highest BCUT2D eigenvalue weighted by Crippen LogP contribution is 2.38. The Labute approximate surface area is 176 Å². The number of allylic oxidation sites excluding steroid dienone is 2. The molecule has 1 aromatic carbocycles. The first-order chi connectivity index (χ1) is 13.9. The lowest BCUT2D eigenvalue weighted by Crippen LogP contribution is -2.28. The normalized spacial score (nSPS) is 25.4. The van der Waals surface area contributed by atoms with Gasteiger partial charge in [0.1, 0.15) is 12.4 Å². The Morgan fingerprint density at radius 2 is 2.10 bits per heavy atom. The van der Waals surface area contributed by atoms with Crippen molar-refractivity contribution in [2.45, 2.75) is 62.6 Å². The maximum Gasteiger partial charge on any atom is 0.303 e. The summed E-state index contributed by atoms with van der Waals surface area (Å²) in [6.45, 7) is 2.16. The van der Waals surface area contributed by atoms with Gasteiger partial charge in [-0.15, -0.1) is 0 Å². The van der Waals surface area contributed by atoms with E-state index in [0.717, 1.165) is 11.3 Å². The molecule has 6 nitrogen and oxygen atoms in total. The largest absolute Gasteiger partial charge is 0.491 e. The molecule has 0 unspecified atom stereocenters. The van der Waals surface area contributed by atoms with Gasteiger partial charge in [-0.1, -0.05) is 24.3 Å². The highest BCUT2D eigenvalue weighted by molar-refractivity contribution is 8.00. The average molecular weight is 425 g/mol. The zero-order chi connectivity index (χ0) is 21.2. The molecule has 2 rings (SSSR count). The second kappa shape index (κ2) is 12.2. The number of thioether (sulfide) groups is 1. The third kappa shape index (κ3) is 8.38. The molecule has 0 amide bonds. The number of aliphatic carboxylic acids is 1. The summed E-state index contributed by atoms with van der Waals surface area (Å²) < 4.78 is 5.63. The van der Waals surface area contributed by atoms with E-state index < -0.39 is 24.3 Å². The van der Waals surface area contributed by atoms with Crippen molar-refractivity contribution in [1.82, 2.24) is 0 Å². The minimum atomic E-state index is -0.797. The topological polar surface area (TPSA) is 107 Å². The van der Waals surface area contributed by atoms with Crippen LogP contribution in [-0.4, -0.2) is 62.3 Å². The van der Waals surface area contributed by atoms with Crippen LogP contribution in [0.4, 0.5) is 0 Å². The summed E-state index contributed by atoms with van der Waals surface area (Å²) in [5.41, 5.74) is 1.09. The van der Waals surface area contributed by atoms with E-state index in [4.69, 9.17) is 9.84 Å². The number of aliphatic hydroxyl groups excluding tert-OH is 3. The van der Waals surface area contributed by atoms with Gasteiger partial charge < -0.3 is 25.2 Å². The number of unbranched alkanes of at least 4 members (excludes halogenated alkanes) is 1. The monoisotopic (exact) mass is 424 g/mol. The molecule has 1 aromatic rings. The van der Waals surface area contributed by atoms with Gasteiger partial charge in [-0.3, -0.25) is 4.79 Å². The Morgan fingerprint density at radius 3 is 2.83 bits per heavy atom. The van der Waals surface area contributed by atoms with Crippen molar-refractivity contribution in [2.24, 2.45) is 5.92 Å². The predicted octanol–water partition coefficient (Wildman–Crippen LogP) is 2.78. The van der Waals surface area contributed by atoms with Crippen LogP contribution in [0.3, 0.4) is 0 Å². The van der Waals surface area contributed by atoms with Crippen molar-refractivity contribution in [3.8, 4) is 5.75 Å². The zero-order valence-corrected chi connectivity index (χ0v) is 17.6. The minimum absolute atomic E-state index is 0.0874. The Hall–Kier alpha value is -1.54. The number of carboxylic acid groups (broad SMARTS) is 1. The molecule has 4 N–H and O–H groups in total. The van der Waals surface area contributed by atoms with E-state index in [1.807, 2.05) is 43.3 Å². The summed E-state index contributed by atoms with van der Waals surface area (Å²) in [7, 11) is 0. The van der Waals surface area contributed by atoms with Crippen molar-refractivity contribution in [3.05, 3.63) is 42.0 Å². The molecule has 1 fully saturated rings. The van der Waals surface area contributed by atoms with Crippen molar-refractivity contribution in [2.75, 3.05) is 12.4 Å². The first kappa shape index (κ1) is 23.7. The van der Waals surface area contributed by atoms with E-state index in [-0.39, 0.29) is 24.2 Å². The number of hydrogen-bond donors (Lipinski definition) is 4. The maximum absolute atomic E-state index is 10.5. The van der Waals surface area contributed by atoms with Crippen molar-refractivity contribution in [1.29, 1.82) is 0 Å². The van der Waals surface area contributed by atoms with Gasteiger partial charge in [0.15, 0.2) is 0 Å². The SMILES string of the molecule is Cc1cccc(OC[C@H](O)CS[C@@H]2[C@@H](C/C=C\CCCC(=O)O)[C@@H](O)C[C@H]2O)c1. The first-order valence-electron chi connectivity index (χ1n) is 10.1. The van der Waals surface area contributed by atoms with Crippen LogP contribution >= 0.6 is 11.8 Å². The molecule has 0 aliphatic heterocycles. The molecule has 0 aromatic heterocycles. The highest BCUT2D eigenvalue weighted by atomic mass is 32.2. The third-order valence-corrected chi connectivity index (χ3v) is 6.65. The van der Waals surface area contributed by atoms with Crippen LogP contribution in [0.5, 0.6) is 5.75 Å². The van der Waals surface area contributed by atoms with Crippen LogP contribution in [0.15, 0.2) is 36.4 Å². The van der Waals surface area contributed by atoms with Crippen LogP contribution in [-0.2, 0) is 4.79 Å². The van der Waals surface area contributed by atoms with Crippen LogP contribution in [0.2, 0.25) is 0 Å². The van der Waals surface area contributed by atoms with Gasteiger partial charge in [-0.25, -0.2) is 0 Å². The lowest BCUT2D eigenvalue weighted by Gasteiger charge is -2.23. The van der Waals surface area contributed by atoms with Gasteiger partial charge >= 0.3 is 5.97 Å². The number of rotatable bonds is 12. The van der Waals surface area contributed by atoms with Gasteiger partial charge in [0.2, 0.25) is 0 Å². The summed E-state index contributed by atoms with van der Waals surface area (Å²) in [4.78, 5) is 10.5. The van der Waals surface area contributed by atoms with Gasteiger partial charge in [-0.05, 0) is 43.9 Å². The minimum Gasteiger partial charge on any atom is -0.491 e. The van der Waals surface area contributed by atoms with Crippen molar-refractivity contribution < 1.29 is 30.0 Å². The summed E-state index contributed by atoms with van der Waals surface area (Å²) in [6.07, 6.45) is 4.43. The fourth-order valence-electron chi connectivity index (χ4n) is 3.50. The van der Waals surface area contributed by atoms with Crippen LogP contribution < -0.4 is 4.74 Å². The molecule has 0 spiro atoms. The number of aliphatic hydroxyl groups is 3. The molecule has 0 saturated heterocycles. The molecule has 1 saturated carbocycles. The lowest BCUT2D eigenvalue weighted by molar-refractivity contribution is -0.137. The fourth-order valence-corrected chi connectivity index (χ4v) is 4.91.